The van der Waals surface area contributed by atoms with Crippen molar-refractivity contribution in [2.24, 2.45) is 0 Å². The number of halogens is 1. The number of aryl methyl sites for hydroxylation is 1. The van der Waals surface area contributed by atoms with E-state index in [9.17, 15) is 5.11 Å². The summed E-state index contributed by atoms with van der Waals surface area (Å²) in [7, 11) is 0. The summed E-state index contributed by atoms with van der Waals surface area (Å²) in [4.78, 5) is 9.05. The molecule has 0 bridgehead atoms. The Morgan fingerprint density at radius 3 is 2.86 bits per heavy atom. The van der Waals surface area contributed by atoms with Crippen molar-refractivity contribution in [2.75, 3.05) is 6.61 Å². The van der Waals surface area contributed by atoms with Crippen molar-refractivity contribution in [3.8, 4) is 22.9 Å². The lowest BCUT2D eigenvalue weighted by molar-refractivity contribution is 0.318. The molecule has 3 rings (SSSR count). The van der Waals surface area contributed by atoms with Crippen LogP contribution in [-0.2, 0) is 12.8 Å². The fourth-order valence-electron chi connectivity index (χ4n) is 2.60. The van der Waals surface area contributed by atoms with Gasteiger partial charge in [0.25, 0.3) is 0 Å². The summed E-state index contributed by atoms with van der Waals surface area (Å²) >= 11 is 6.30. The molecule has 1 N–H and O–H groups in total. The number of aromatic hydroxyl groups is 1. The maximum atomic E-state index is 9.77. The number of ether oxygens (including phenoxy) is 1. The van der Waals surface area contributed by atoms with Gasteiger partial charge in [0.2, 0.25) is 0 Å². The largest absolute Gasteiger partial charge is 0.504 e. The quantitative estimate of drug-likeness (QED) is 0.877. The first-order valence-electron chi connectivity index (χ1n) is 7.20. The van der Waals surface area contributed by atoms with Crippen molar-refractivity contribution in [1.29, 1.82) is 0 Å². The van der Waals surface area contributed by atoms with Crippen molar-refractivity contribution in [3.63, 3.8) is 0 Å². The molecule has 4 nitrogen and oxygen atoms in total. The predicted octanol–water partition coefficient (Wildman–Crippen LogP) is 3.78. The topological polar surface area (TPSA) is 55.2 Å². The first-order valence-corrected chi connectivity index (χ1v) is 7.58. The lowest BCUT2D eigenvalue weighted by Gasteiger charge is -2.16. The summed E-state index contributed by atoms with van der Waals surface area (Å²) in [5, 5.41) is 10.3. The zero-order valence-electron chi connectivity index (χ0n) is 11.9. The van der Waals surface area contributed by atoms with Crippen LogP contribution in [0, 0.1) is 0 Å². The van der Waals surface area contributed by atoms with Gasteiger partial charge in [0.1, 0.15) is 5.15 Å². The van der Waals surface area contributed by atoms with Crippen LogP contribution >= 0.6 is 11.6 Å². The van der Waals surface area contributed by atoms with Crippen LogP contribution in [0.4, 0.5) is 0 Å². The van der Waals surface area contributed by atoms with Gasteiger partial charge < -0.3 is 9.84 Å². The molecule has 0 saturated heterocycles. The number of hydrogen-bond donors (Lipinski definition) is 1. The Balaban J connectivity index is 2.04. The molecule has 1 aliphatic carbocycles. The fourth-order valence-corrected chi connectivity index (χ4v) is 2.89. The Morgan fingerprint density at radius 2 is 2.05 bits per heavy atom. The summed E-state index contributed by atoms with van der Waals surface area (Å²) in [6.07, 6.45) is 4.18. The van der Waals surface area contributed by atoms with Gasteiger partial charge in [-0.1, -0.05) is 11.6 Å². The third kappa shape index (κ3) is 2.81. The van der Waals surface area contributed by atoms with Crippen molar-refractivity contribution in [2.45, 2.75) is 32.6 Å². The highest BCUT2D eigenvalue weighted by atomic mass is 35.5. The number of aromatic nitrogens is 2. The molecule has 5 heteroatoms. The molecule has 1 aliphatic rings. The summed E-state index contributed by atoms with van der Waals surface area (Å²) in [5.41, 5.74) is 2.92. The summed E-state index contributed by atoms with van der Waals surface area (Å²) < 4.78 is 5.40. The molecule has 1 aromatic heterocycles. The molecule has 110 valence electrons. The summed E-state index contributed by atoms with van der Waals surface area (Å²) in [6, 6.07) is 5.12. The smallest absolute Gasteiger partial charge is 0.161 e. The van der Waals surface area contributed by atoms with Crippen molar-refractivity contribution < 1.29 is 9.84 Å². The molecular formula is C16H17ClN2O2. The van der Waals surface area contributed by atoms with Gasteiger partial charge in [-0.05, 0) is 50.8 Å². The molecule has 0 amide bonds. The number of benzene rings is 1. The number of fused-ring (bicyclic) bond motifs is 1. The van der Waals surface area contributed by atoms with Crippen LogP contribution in [-0.4, -0.2) is 21.7 Å². The van der Waals surface area contributed by atoms with E-state index < -0.39 is 0 Å². The van der Waals surface area contributed by atoms with Crippen molar-refractivity contribution in [1.82, 2.24) is 9.97 Å². The maximum absolute atomic E-state index is 9.77. The second-order valence-electron chi connectivity index (χ2n) is 5.09. The van der Waals surface area contributed by atoms with E-state index in [1.54, 1.807) is 18.2 Å². The van der Waals surface area contributed by atoms with E-state index in [0.29, 0.717) is 23.3 Å². The average molecular weight is 305 g/mol. The minimum absolute atomic E-state index is 0.115. The van der Waals surface area contributed by atoms with E-state index in [1.807, 2.05) is 6.92 Å². The summed E-state index contributed by atoms with van der Waals surface area (Å²) in [5.74, 6) is 1.14. The Bertz CT molecular complexity index is 674. The average Bonchev–Trinajstić information content (AvgIpc) is 2.50. The lowest BCUT2D eigenvalue weighted by Crippen LogP contribution is -2.08. The third-order valence-corrected chi connectivity index (χ3v) is 3.96. The number of hydrogen-bond acceptors (Lipinski definition) is 4. The van der Waals surface area contributed by atoms with Crippen LogP contribution in [0.5, 0.6) is 11.5 Å². The van der Waals surface area contributed by atoms with Crippen LogP contribution in [0.1, 0.15) is 31.0 Å². The van der Waals surface area contributed by atoms with E-state index in [-0.39, 0.29) is 5.75 Å². The Hall–Kier alpha value is -1.81. The van der Waals surface area contributed by atoms with E-state index in [1.165, 1.54) is 0 Å². The number of nitrogens with zero attached hydrogens (tertiary/aromatic N) is 2. The van der Waals surface area contributed by atoms with Gasteiger partial charge in [0.15, 0.2) is 17.3 Å². The molecule has 0 aliphatic heterocycles. The monoisotopic (exact) mass is 304 g/mol. The van der Waals surface area contributed by atoms with Gasteiger partial charge >= 0.3 is 0 Å². The highest BCUT2D eigenvalue weighted by Gasteiger charge is 2.18. The zero-order chi connectivity index (χ0) is 14.8. The molecular weight excluding hydrogens is 288 g/mol. The highest BCUT2D eigenvalue weighted by Crippen LogP contribution is 2.33. The summed E-state index contributed by atoms with van der Waals surface area (Å²) in [6.45, 7) is 2.36. The number of phenols is 1. The molecule has 1 aromatic carbocycles. The zero-order valence-corrected chi connectivity index (χ0v) is 12.7. The van der Waals surface area contributed by atoms with Crippen LogP contribution < -0.4 is 4.74 Å². The molecule has 1 heterocycles. The Morgan fingerprint density at radius 1 is 1.24 bits per heavy atom. The van der Waals surface area contributed by atoms with E-state index in [2.05, 4.69) is 9.97 Å². The van der Waals surface area contributed by atoms with Crippen molar-refractivity contribution in [3.05, 3.63) is 34.6 Å². The molecule has 0 fully saturated rings. The second-order valence-corrected chi connectivity index (χ2v) is 5.44. The van der Waals surface area contributed by atoms with Crippen LogP contribution in [0.3, 0.4) is 0 Å². The van der Waals surface area contributed by atoms with E-state index in [0.717, 1.165) is 42.5 Å². The maximum Gasteiger partial charge on any atom is 0.161 e. The third-order valence-electron chi connectivity index (χ3n) is 3.65. The molecule has 0 radical (unpaired) electrons. The Kier molecular flexibility index (Phi) is 3.97. The van der Waals surface area contributed by atoms with E-state index in [4.69, 9.17) is 16.3 Å². The first kappa shape index (κ1) is 14.1. The molecule has 0 saturated carbocycles. The number of rotatable bonds is 3. The van der Waals surface area contributed by atoms with Crippen LogP contribution in [0.2, 0.25) is 5.15 Å². The standard InChI is InChI=1S/C16H17ClN2O2/c1-2-21-14-9-10(7-8-13(14)20)16-18-12-6-4-3-5-11(12)15(17)19-16/h7-9,20H,2-6H2,1H3. The SMILES string of the molecule is CCOc1cc(-c2nc(Cl)c3c(n2)CCCC3)ccc1O. The van der Waals surface area contributed by atoms with Crippen molar-refractivity contribution >= 4 is 11.6 Å². The lowest BCUT2D eigenvalue weighted by atomic mass is 9.97. The predicted molar refractivity (Wildman–Crippen MR) is 82.0 cm³/mol. The van der Waals surface area contributed by atoms with Gasteiger partial charge in [-0.2, -0.15) is 0 Å². The minimum Gasteiger partial charge on any atom is -0.504 e. The van der Waals surface area contributed by atoms with Gasteiger partial charge in [-0.25, -0.2) is 9.97 Å². The fraction of sp³-hybridized carbons (Fsp3) is 0.375. The van der Waals surface area contributed by atoms with Gasteiger partial charge in [-0.15, -0.1) is 0 Å². The van der Waals surface area contributed by atoms with Gasteiger partial charge in [0, 0.05) is 16.8 Å². The molecule has 0 spiro atoms. The minimum atomic E-state index is 0.115. The van der Waals surface area contributed by atoms with Gasteiger partial charge in [-0.3, -0.25) is 0 Å². The number of phenolic OH excluding ortho intramolecular Hbond substituents is 1. The molecule has 0 atom stereocenters. The molecule has 0 unspecified atom stereocenters. The van der Waals surface area contributed by atoms with Crippen LogP contribution in [0.15, 0.2) is 18.2 Å². The van der Waals surface area contributed by atoms with Crippen LogP contribution in [0.25, 0.3) is 11.4 Å². The Labute approximate surface area is 128 Å². The first-order chi connectivity index (χ1) is 10.2. The highest BCUT2D eigenvalue weighted by molar-refractivity contribution is 6.30. The van der Waals surface area contributed by atoms with E-state index >= 15 is 0 Å². The van der Waals surface area contributed by atoms with Gasteiger partial charge in [0.05, 0.1) is 6.61 Å². The normalized spacial score (nSPS) is 13.8. The molecule has 21 heavy (non-hydrogen) atoms. The molecule has 2 aromatic rings. The second kappa shape index (κ2) is 5.90.